The largest absolute Gasteiger partial charge is 0.411 e. The molecular weight excluding hydrogens is 432 g/mol. The standard InChI is InChI=1S/C22H20N4O3S2/c27-19(14-30-22-25-24-20(29-22)15-7-2-1-3-8-15)26(13-16-9-6-12-28-16)21-23-17-10-4-5-11-18(17)31-21/h1-5,7-8,10-11,16H,6,9,12-14H2. The highest BCUT2D eigenvalue weighted by atomic mass is 32.2. The van der Waals surface area contributed by atoms with Gasteiger partial charge in [0.25, 0.3) is 5.22 Å². The van der Waals surface area contributed by atoms with Gasteiger partial charge in [-0.2, -0.15) is 0 Å². The first kappa shape index (κ1) is 20.2. The van der Waals surface area contributed by atoms with Gasteiger partial charge in [0.15, 0.2) is 5.13 Å². The maximum Gasteiger partial charge on any atom is 0.277 e. The minimum Gasteiger partial charge on any atom is -0.411 e. The molecule has 0 N–H and O–H groups in total. The molecule has 9 heteroatoms. The third-order valence-electron chi connectivity index (χ3n) is 4.97. The van der Waals surface area contributed by atoms with Gasteiger partial charge < -0.3 is 9.15 Å². The Bertz CT molecular complexity index is 1140. The van der Waals surface area contributed by atoms with Crippen molar-refractivity contribution in [2.75, 3.05) is 23.8 Å². The molecule has 0 saturated carbocycles. The quantitative estimate of drug-likeness (QED) is 0.378. The number of para-hydroxylation sites is 1. The smallest absolute Gasteiger partial charge is 0.277 e. The van der Waals surface area contributed by atoms with Crippen LogP contribution in [0.2, 0.25) is 0 Å². The molecule has 1 aliphatic rings. The Morgan fingerprint density at radius 2 is 1.97 bits per heavy atom. The number of carbonyl (C=O) groups is 1. The molecule has 1 saturated heterocycles. The number of thiazole rings is 1. The van der Waals surface area contributed by atoms with Crippen LogP contribution in [0.25, 0.3) is 21.7 Å². The van der Waals surface area contributed by atoms with Gasteiger partial charge in [0.1, 0.15) is 0 Å². The minimum absolute atomic E-state index is 0.0362. The number of carbonyl (C=O) groups excluding carboxylic acids is 1. The van der Waals surface area contributed by atoms with Gasteiger partial charge in [0.05, 0.1) is 28.6 Å². The number of benzene rings is 2. The molecule has 0 spiro atoms. The molecular formula is C22H20N4O3S2. The summed E-state index contributed by atoms with van der Waals surface area (Å²) in [4.78, 5) is 19.6. The molecule has 2 aromatic heterocycles. The molecule has 1 fully saturated rings. The molecule has 1 atom stereocenters. The van der Waals surface area contributed by atoms with Gasteiger partial charge in [-0.3, -0.25) is 9.69 Å². The highest BCUT2D eigenvalue weighted by molar-refractivity contribution is 7.99. The van der Waals surface area contributed by atoms with E-state index in [1.807, 2.05) is 54.6 Å². The third-order valence-corrected chi connectivity index (χ3v) is 6.83. The molecule has 31 heavy (non-hydrogen) atoms. The summed E-state index contributed by atoms with van der Waals surface area (Å²) >= 11 is 2.75. The summed E-state index contributed by atoms with van der Waals surface area (Å²) < 4.78 is 12.6. The predicted octanol–water partition coefficient (Wildman–Crippen LogP) is 4.65. The van der Waals surface area contributed by atoms with Gasteiger partial charge in [-0.25, -0.2) is 4.98 Å². The third kappa shape index (κ3) is 4.63. The summed E-state index contributed by atoms with van der Waals surface area (Å²) in [5, 5.41) is 9.22. The number of ether oxygens (including phenoxy) is 1. The van der Waals surface area contributed by atoms with Crippen molar-refractivity contribution in [3.63, 3.8) is 0 Å². The molecule has 3 heterocycles. The molecule has 2 aromatic carbocycles. The van der Waals surface area contributed by atoms with E-state index >= 15 is 0 Å². The average molecular weight is 453 g/mol. The van der Waals surface area contributed by atoms with E-state index in [-0.39, 0.29) is 17.8 Å². The predicted molar refractivity (Wildman–Crippen MR) is 121 cm³/mol. The summed E-state index contributed by atoms with van der Waals surface area (Å²) in [6.07, 6.45) is 2.01. The zero-order valence-corrected chi connectivity index (χ0v) is 18.3. The fourth-order valence-electron chi connectivity index (χ4n) is 3.42. The summed E-state index contributed by atoms with van der Waals surface area (Å²) in [5.74, 6) is 0.566. The highest BCUT2D eigenvalue weighted by Crippen LogP contribution is 2.31. The Hall–Kier alpha value is -2.75. The Labute approximate surface area is 187 Å². The number of anilines is 1. The molecule has 5 rings (SSSR count). The number of thioether (sulfide) groups is 1. The number of aromatic nitrogens is 3. The lowest BCUT2D eigenvalue weighted by Crippen LogP contribution is -2.38. The normalized spacial score (nSPS) is 16.1. The van der Waals surface area contributed by atoms with E-state index in [1.165, 1.54) is 23.1 Å². The van der Waals surface area contributed by atoms with E-state index in [4.69, 9.17) is 9.15 Å². The van der Waals surface area contributed by atoms with Gasteiger partial charge in [0, 0.05) is 12.2 Å². The van der Waals surface area contributed by atoms with Crippen LogP contribution >= 0.6 is 23.1 Å². The maximum absolute atomic E-state index is 13.2. The SMILES string of the molecule is O=C(CSc1nnc(-c2ccccc2)o1)N(CC1CCCO1)c1nc2ccccc2s1. The number of nitrogens with zero attached hydrogens (tertiary/aromatic N) is 4. The summed E-state index contributed by atoms with van der Waals surface area (Å²) in [6.45, 7) is 1.24. The zero-order valence-electron chi connectivity index (χ0n) is 16.6. The van der Waals surface area contributed by atoms with Gasteiger partial charge in [-0.05, 0) is 37.1 Å². The summed E-state index contributed by atoms with van der Waals surface area (Å²) in [5.41, 5.74) is 1.74. The number of amides is 1. The Morgan fingerprint density at radius 3 is 2.77 bits per heavy atom. The van der Waals surface area contributed by atoms with E-state index in [1.54, 1.807) is 4.90 Å². The number of fused-ring (bicyclic) bond motifs is 1. The number of hydrogen-bond acceptors (Lipinski definition) is 8. The maximum atomic E-state index is 13.2. The second-order valence-electron chi connectivity index (χ2n) is 7.13. The average Bonchev–Trinajstić information content (AvgIpc) is 3.57. The summed E-state index contributed by atoms with van der Waals surface area (Å²) in [6, 6.07) is 17.5. The Morgan fingerprint density at radius 1 is 1.13 bits per heavy atom. The van der Waals surface area contributed by atoms with E-state index in [2.05, 4.69) is 15.2 Å². The second kappa shape index (κ2) is 9.17. The first-order valence-corrected chi connectivity index (χ1v) is 11.9. The van der Waals surface area contributed by atoms with Gasteiger partial charge in [-0.1, -0.05) is 53.4 Å². The lowest BCUT2D eigenvalue weighted by Gasteiger charge is -2.22. The van der Waals surface area contributed by atoms with Crippen LogP contribution in [-0.4, -0.2) is 46.1 Å². The molecule has 4 aromatic rings. The molecule has 1 unspecified atom stereocenters. The lowest BCUT2D eigenvalue weighted by molar-refractivity contribution is -0.116. The highest BCUT2D eigenvalue weighted by Gasteiger charge is 2.26. The fraction of sp³-hybridized carbons (Fsp3) is 0.273. The first-order valence-electron chi connectivity index (χ1n) is 10.1. The molecule has 0 radical (unpaired) electrons. The van der Waals surface area contributed by atoms with Crippen LogP contribution in [0.15, 0.2) is 64.2 Å². The van der Waals surface area contributed by atoms with Gasteiger partial charge in [-0.15, -0.1) is 10.2 Å². The second-order valence-corrected chi connectivity index (χ2v) is 9.07. The van der Waals surface area contributed by atoms with E-state index in [0.717, 1.165) is 35.2 Å². The molecule has 0 bridgehead atoms. The molecule has 0 aliphatic carbocycles. The Kier molecular flexibility index (Phi) is 5.97. The van der Waals surface area contributed by atoms with Crippen molar-refractivity contribution in [2.24, 2.45) is 0 Å². The lowest BCUT2D eigenvalue weighted by atomic mass is 10.2. The topological polar surface area (TPSA) is 81.4 Å². The van der Waals surface area contributed by atoms with E-state index in [0.29, 0.717) is 22.8 Å². The number of rotatable bonds is 7. The van der Waals surface area contributed by atoms with Crippen molar-refractivity contribution in [3.8, 4) is 11.5 Å². The van der Waals surface area contributed by atoms with Crippen molar-refractivity contribution in [1.82, 2.24) is 15.2 Å². The van der Waals surface area contributed by atoms with Crippen molar-refractivity contribution >= 4 is 44.4 Å². The van der Waals surface area contributed by atoms with Crippen molar-refractivity contribution in [1.29, 1.82) is 0 Å². The monoisotopic (exact) mass is 452 g/mol. The van der Waals surface area contributed by atoms with Crippen molar-refractivity contribution in [3.05, 3.63) is 54.6 Å². The van der Waals surface area contributed by atoms with E-state index in [9.17, 15) is 4.79 Å². The number of hydrogen-bond donors (Lipinski definition) is 0. The van der Waals surface area contributed by atoms with E-state index < -0.39 is 0 Å². The molecule has 1 aliphatic heterocycles. The van der Waals surface area contributed by atoms with Crippen LogP contribution in [0.4, 0.5) is 5.13 Å². The van der Waals surface area contributed by atoms with Crippen LogP contribution < -0.4 is 4.90 Å². The minimum atomic E-state index is -0.0565. The van der Waals surface area contributed by atoms with Crippen molar-refractivity contribution < 1.29 is 13.9 Å². The van der Waals surface area contributed by atoms with Crippen LogP contribution in [0.3, 0.4) is 0 Å². The molecule has 7 nitrogen and oxygen atoms in total. The van der Waals surface area contributed by atoms with Crippen molar-refractivity contribution in [2.45, 2.75) is 24.2 Å². The van der Waals surface area contributed by atoms with Crippen LogP contribution in [-0.2, 0) is 9.53 Å². The van der Waals surface area contributed by atoms with Gasteiger partial charge in [0.2, 0.25) is 11.8 Å². The van der Waals surface area contributed by atoms with Crippen LogP contribution in [0, 0.1) is 0 Å². The van der Waals surface area contributed by atoms with Crippen LogP contribution in [0.1, 0.15) is 12.8 Å². The van der Waals surface area contributed by atoms with Gasteiger partial charge >= 0.3 is 0 Å². The van der Waals surface area contributed by atoms with Crippen LogP contribution in [0.5, 0.6) is 0 Å². The Balaban J connectivity index is 1.31. The molecule has 1 amide bonds. The fourth-order valence-corrected chi connectivity index (χ4v) is 5.05. The zero-order chi connectivity index (χ0) is 21.0. The molecule has 158 valence electrons. The first-order chi connectivity index (χ1) is 15.3. The summed E-state index contributed by atoms with van der Waals surface area (Å²) in [7, 11) is 0.